The molecule has 0 atom stereocenters. The van der Waals surface area contributed by atoms with E-state index in [2.05, 4.69) is 20.0 Å². The molecule has 2 aromatic heterocycles. The molecule has 4 aromatic rings. The highest BCUT2D eigenvalue weighted by atomic mass is 19.1. The lowest BCUT2D eigenvalue weighted by Crippen LogP contribution is -2.19. The quantitative estimate of drug-likeness (QED) is 0.604. The second kappa shape index (κ2) is 5.95. The molecule has 0 saturated heterocycles. The van der Waals surface area contributed by atoms with Gasteiger partial charge in [0, 0.05) is 31.4 Å². The number of hydrogen-bond acceptors (Lipinski definition) is 5. The van der Waals surface area contributed by atoms with Gasteiger partial charge in [0.2, 0.25) is 5.95 Å². The van der Waals surface area contributed by atoms with Crippen LogP contribution in [0, 0.1) is 11.6 Å². The first-order chi connectivity index (χ1) is 13.1. The van der Waals surface area contributed by atoms with Crippen molar-refractivity contribution in [3.05, 3.63) is 65.0 Å². The summed E-state index contributed by atoms with van der Waals surface area (Å²) in [6, 6.07) is 9.63. The van der Waals surface area contributed by atoms with Crippen LogP contribution in [0.25, 0.3) is 16.6 Å². The standard InChI is InChI=1S/C19H16F2N6/c20-13-5-4-11-9-26(10-12(11)8-13)7-6-16-23-18-14-2-1-3-15(21)17(14)24-19(22)27(18)25-16/h1-5,8H,6-7,9-10H2,(H2,22,24). The van der Waals surface area contributed by atoms with Gasteiger partial charge in [-0.2, -0.15) is 4.52 Å². The number of aromatic nitrogens is 4. The molecule has 1 aliphatic rings. The molecule has 27 heavy (non-hydrogen) atoms. The van der Waals surface area contributed by atoms with Crippen LogP contribution in [-0.4, -0.2) is 31.0 Å². The number of nitrogen functional groups attached to an aromatic ring is 1. The van der Waals surface area contributed by atoms with Crippen molar-refractivity contribution >= 4 is 22.5 Å². The number of benzene rings is 2. The molecule has 0 fully saturated rings. The zero-order valence-electron chi connectivity index (χ0n) is 14.4. The molecule has 0 unspecified atom stereocenters. The molecule has 2 aromatic carbocycles. The third kappa shape index (κ3) is 2.69. The fourth-order valence-electron chi connectivity index (χ4n) is 3.62. The van der Waals surface area contributed by atoms with E-state index in [0.717, 1.165) is 24.2 Å². The van der Waals surface area contributed by atoms with E-state index in [1.807, 2.05) is 6.07 Å². The van der Waals surface area contributed by atoms with Crippen LogP contribution in [0.2, 0.25) is 0 Å². The van der Waals surface area contributed by atoms with Crippen molar-refractivity contribution in [2.24, 2.45) is 0 Å². The summed E-state index contributed by atoms with van der Waals surface area (Å²) in [5.41, 5.74) is 8.79. The molecule has 2 N–H and O–H groups in total. The maximum absolute atomic E-state index is 14.0. The average Bonchev–Trinajstić information content (AvgIpc) is 3.25. The van der Waals surface area contributed by atoms with Crippen molar-refractivity contribution in [3.8, 4) is 0 Å². The molecule has 8 heteroatoms. The van der Waals surface area contributed by atoms with Crippen LogP contribution in [0.15, 0.2) is 36.4 Å². The van der Waals surface area contributed by atoms with Gasteiger partial charge in [0.25, 0.3) is 0 Å². The lowest BCUT2D eigenvalue weighted by atomic mass is 10.1. The number of nitrogens with two attached hydrogens (primary N) is 1. The van der Waals surface area contributed by atoms with Gasteiger partial charge < -0.3 is 5.73 Å². The number of hydrogen-bond donors (Lipinski definition) is 1. The number of rotatable bonds is 3. The summed E-state index contributed by atoms with van der Waals surface area (Å²) in [5, 5.41) is 5.00. The Hall–Kier alpha value is -3.13. The molecule has 0 aliphatic carbocycles. The molecule has 0 amide bonds. The number of anilines is 1. The maximum Gasteiger partial charge on any atom is 0.223 e. The smallest absolute Gasteiger partial charge is 0.223 e. The minimum Gasteiger partial charge on any atom is -0.368 e. The monoisotopic (exact) mass is 366 g/mol. The Balaban J connectivity index is 1.41. The lowest BCUT2D eigenvalue weighted by Gasteiger charge is -2.12. The van der Waals surface area contributed by atoms with Crippen molar-refractivity contribution in [2.75, 3.05) is 12.3 Å². The van der Waals surface area contributed by atoms with E-state index in [9.17, 15) is 8.78 Å². The van der Waals surface area contributed by atoms with Crippen molar-refractivity contribution in [1.29, 1.82) is 0 Å². The Morgan fingerprint density at radius 1 is 1.04 bits per heavy atom. The van der Waals surface area contributed by atoms with Gasteiger partial charge in [-0.25, -0.2) is 18.7 Å². The number of halogens is 2. The SMILES string of the molecule is Nc1nc2c(F)cccc2c2nc(CCN3Cc4ccc(F)cc4C3)nn12. The highest BCUT2D eigenvalue weighted by Crippen LogP contribution is 2.24. The minimum atomic E-state index is -0.437. The molecular weight excluding hydrogens is 350 g/mol. The molecule has 0 bridgehead atoms. The first-order valence-corrected chi connectivity index (χ1v) is 8.67. The van der Waals surface area contributed by atoms with Crippen LogP contribution in [0.4, 0.5) is 14.7 Å². The second-order valence-electron chi connectivity index (χ2n) is 6.74. The fourth-order valence-corrected chi connectivity index (χ4v) is 3.62. The van der Waals surface area contributed by atoms with Gasteiger partial charge in [-0.15, -0.1) is 5.10 Å². The first kappa shape index (κ1) is 16.1. The van der Waals surface area contributed by atoms with Crippen LogP contribution < -0.4 is 5.73 Å². The first-order valence-electron chi connectivity index (χ1n) is 8.67. The number of fused-ring (bicyclic) bond motifs is 4. The van der Waals surface area contributed by atoms with E-state index in [1.54, 1.807) is 18.2 Å². The zero-order valence-corrected chi connectivity index (χ0v) is 14.4. The number of nitrogens with zero attached hydrogens (tertiary/aromatic N) is 5. The molecule has 136 valence electrons. The summed E-state index contributed by atoms with van der Waals surface area (Å²) in [6.07, 6.45) is 0.606. The van der Waals surface area contributed by atoms with E-state index in [0.29, 0.717) is 29.8 Å². The summed E-state index contributed by atoms with van der Waals surface area (Å²) in [5.74, 6) is 0.0702. The summed E-state index contributed by atoms with van der Waals surface area (Å²) in [7, 11) is 0. The third-order valence-electron chi connectivity index (χ3n) is 4.93. The molecule has 3 heterocycles. The molecular formula is C19H16F2N6. The molecule has 0 saturated carbocycles. The normalized spacial score (nSPS) is 14.3. The van der Waals surface area contributed by atoms with E-state index in [-0.39, 0.29) is 17.3 Å². The summed E-state index contributed by atoms with van der Waals surface area (Å²) >= 11 is 0. The zero-order chi connectivity index (χ0) is 18.5. The Bertz CT molecular complexity index is 1190. The van der Waals surface area contributed by atoms with Gasteiger partial charge >= 0.3 is 0 Å². The van der Waals surface area contributed by atoms with Gasteiger partial charge in [-0.1, -0.05) is 12.1 Å². The van der Waals surface area contributed by atoms with Crippen molar-refractivity contribution < 1.29 is 8.78 Å². The second-order valence-corrected chi connectivity index (χ2v) is 6.74. The largest absolute Gasteiger partial charge is 0.368 e. The van der Waals surface area contributed by atoms with Gasteiger partial charge in [0.05, 0.1) is 0 Å². The van der Waals surface area contributed by atoms with Crippen LogP contribution in [0.3, 0.4) is 0 Å². The van der Waals surface area contributed by atoms with Crippen LogP contribution in [0.5, 0.6) is 0 Å². The predicted molar refractivity (Wildman–Crippen MR) is 96.9 cm³/mol. The number of para-hydroxylation sites is 1. The Morgan fingerprint density at radius 2 is 1.89 bits per heavy atom. The molecule has 6 nitrogen and oxygen atoms in total. The summed E-state index contributed by atoms with van der Waals surface area (Å²) < 4.78 is 28.8. The van der Waals surface area contributed by atoms with Gasteiger partial charge in [0.15, 0.2) is 11.5 Å². The van der Waals surface area contributed by atoms with Crippen LogP contribution in [0.1, 0.15) is 17.0 Å². The highest BCUT2D eigenvalue weighted by Gasteiger charge is 2.20. The minimum absolute atomic E-state index is 0.102. The third-order valence-corrected chi connectivity index (χ3v) is 4.93. The van der Waals surface area contributed by atoms with E-state index in [4.69, 9.17) is 5.73 Å². The van der Waals surface area contributed by atoms with E-state index < -0.39 is 5.82 Å². The van der Waals surface area contributed by atoms with Gasteiger partial charge in [0.1, 0.15) is 17.2 Å². The maximum atomic E-state index is 14.0. The Labute approximate surface area is 153 Å². The summed E-state index contributed by atoms with van der Waals surface area (Å²) in [6.45, 7) is 2.21. The lowest BCUT2D eigenvalue weighted by molar-refractivity contribution is 0.286. The fraction of sp³-hybridized carbons (Fsp3) is 0.211. The average molecular weight is 366 g/mol. The van der Waals surface area contributed by atoms with Crippen molar-refractivity contribution in [3.63, 3.8) is 0 Å². The van der Waals surface area contributed by atoms with Gasteiger partial charge in [-0.05, 0) is 35.4 Å². The Kier molecular flexibility index (Phi) is 3.54. The molecule has 1 aliphatic heterocycles. The Morgan fingerprint density at radius 3 is 2.78 bits per heavy atom. The highest BCUT2D eigenvalue weighted by molar-refractivity contribution is 5.92. The van der Waals surface area contributed by atoms with E-state index >= 15 is 0 Å². The van der Waals surface area contributed by atoms with Crippen molar-refractivity contribution in [2.45, 2.75) is 19.5 Å². The summed E-state index contributed by atoms with van der Waals surface area (Å²) in [4.78, 5) is 10.9. The topological polar surface area (TPSA) is 72.3 Å². The van der Waals surface area contributed by atoms with E-state index in [1.165, 1.54) is 16.6 Å². The van der Waals surface area contributed by atoms with Gasteiger partial charge in [-0.3, -0.25) is 4.90 Å². The predicted octanol–water partition coefficient (Wildman–Crippen LogP) is 2.70. The molecule has 5 rings (SSSR count). The van der Waals surface area contributed by atoms with Crippen LogP contribution in [-0.2, 0) is 19.5 Å². The van der Waals surface area contributed by atoms with Crippen molar-refractivity contribution in [1.82, 2.24) is 24.5 Å². The molecule has 0 spiro atoms. The van der Waals surface area contributed by atoms with Crippen LogP contribution >= 0.6 is 0 Å². The molecule has 0 radical (unpaired) electrons.